The second kappa shape index (κ2) is 31.0. The molecule has 65 heavy (non-hydrogen) atoms. The van der Waals surface area contributed by atoms with E-state index in [1.54, 1.807) is 47.7 Å². The van der Waals surface area contributed by atoms with Crippen molar-refractivity contribution in [3.05, 3.63) is 18.2 Å². The Labute approximate surface area is 389 Å². The summed E-state index contributed by atoms with van der Waals surface area (Å²) in [5.74, 6) is -5.70. The summed E-state index contributed by atoms with van der Waals surface area (Å²) in [5, 5.41) is 22.3. The molecule has 1 aromatic heterocycles. The van der Waals surface area contributed by atoms with Crippen molar-refractivity contribution in [2.24, 2.45) is 28.1 Å². The summed E-state index contributed by atoms with van der Waals surface area (Å²) in [5.41, 5.74) is 5.71. The number of aromatic nitrogens is 2. The summed E-state index contributed by atoms with van der Waals surface area (Å²) in [6.45, 7) is 12.4. The van der Waals surface area contributed by atoms with Gasteiger partial charge < -0.3 is 20.5 Å². The fourth-order valence-electron chi connectivity index (χ4n) is 8.01. The van der Waals surface area contributed by atoms with Crippen LogP contribution in [-0.4, -0.2) is 79.5 Å². The van der Waals surface area contributed by atoms with Crippen molar-refractivity contribution in [2.75, 3.05) is 6.54 Å². The van der Waals surface area contributed by atoms with E-state index in [1.165, 1.54) is 64.1 Å². The highest BCUT2D eigenvalue weighted by Gasteiger charge is 2.40. The summed E-state index contributed by atoms with van der Waals surface area (Å²) in [7, 11) is 0. The van der Waals surface area contributed by atoms with E-state index in [1.807, 2.05) is 0 Å². The minimum atomic E-state index is -1.11. The molecule has 14 nitrogen and oxygen atoms in total. The maximum absolute atomic E-state index is 13.4. The van der Waals surface area contributed by atoms with Gasteiger partial charge in [-0.3, -0.25) is 38.4 Å². The Bertz CT molecular complexity index is 1630. The van der Waals surface area contributed by atoms with Gasteiger partial charge in [-0.15, -0.1) is 0 Å². The van der Waals surface area contributed by atoms with Crippen LogP contribution in [0.5, 0.6) is 0 Å². The molecule has 1 radical (unpaired) electrons. The van der Waals surface area contributed by atoms with Gasteiger partial charge in [0.1, 0.15) is 23.1 Å². The second-order valence-electron chi connectivity index (χ2n) is 20.5. The van der Waals surface area contributed by atoms with Crippen molar-refractivity contribution in [3.8, 4) is 0 Å². The number of aromatic amines is 1. The number of unbranched alkanes of at least 4 members (excludes halogenated alkanes) is 13. The van der Waals surface area contributed by atoms with Gasteiger partial charge in [0.15, 0.2) is 5.78 Å². The lowest BCUT2D eigenvalue weighted by molar-refractivity contribution is -0.145. The smallest absolute Gasteiger partial charge is 0.306 e. The van der Waals surface area contributed by atoms with Gasteiger partial charge in [-0.05, 0) is 32.1 Å². The number of rotatable bonds is 41. The molecule has 14 heteroatoms. The van der Waals surface area contributed by atoms with Crippen LogP contribution in [0.15, 0.2) is 12.5 Å². The number of hydrogen-bond acceptors (Lipinski definition) is 9. The average Bonchev–Trinajstić information content (AvgIpc) is 3.75. The number of carboxylic acids is 2. The first-order valence-electron chi connectivity index (χ1n) is 24.6. The second-order valence-corrected chi connectivity index (χ2v) is 20.5. The van der Waals surface area contributed by atoms with Gasteiger partial charge in [0, 0.05) is 86.0 Å². The number of carbonyl (C=O) groups is 8. The van der Waals surface area contributed by atoms with E-state index in [0.29, 0.717) is 25.0 Å². The molecule has 1 rings (SSSR count). The molecule has 369 valence electrons. The molecule has 0 aliphatic carbocycles. The van der Waals surface area contributed by atoms with Crippen molar-refractivity contribution in [2.45, 2.75) is 221 Å². The predicted molar refractivity (Wildman–Crippen MR) is 252 cm³/mol. The summed E-state index contributed by atoms with van der Waals surface area (Å²) >= 11 is 0. The molecule has 0 fully saturated rings. The number of nitrogens with zero attached hydrogens (tertiary/aromatic N) is 1. The lowest BCUT2D eigenvalue weighted by atomic mass is 9.71. The molecule has 3 atom stereocenters. The number of nitrogens with one attached hydrogen (secondary N) is 3. The van der Waals surface area contributed by atoms with Crippen LogP contribution >= 0.6 is 0 Å². The third-order valence-electron chi connectivity index (χ3n) is 13.0. The third-order valence-corrected chi connectivity index (χ3v) is 13.0. The molecule has 0 bridgehead atoms. The number of carboxylic acid groups (broad SMARTS) is 2. The average molecular weight is 914 g/mol. The number of aliphatic carboxylic acids is 2. The number of H-pyrrole nitrogens is 1. The van der Waals surface area contributed by atoms with E-state index < -0.39 is 46.1 Å². The minimum absolute atomic E-state index is 0.00216. The van der Waals surface area contributed by atoms with Gasteiger partial charge in [-0.25, -0.2) is 10.7 Å². The molecule has 1 aromatic rings. The molecule has 0 saturated heterocycles. The first kappa shape index (κ1) is 58.9. The van der Waals surface area contributed by atoms with Crippen molar-refractivity contribution < 1.29 is 48.6 Å². The number of ketones is 5. The van der Waals surface area contributed by atoms with Crippen LogP contribution < -0.4 is 11.1 Å². The molecular formula is C51H85N4O10. The SMILES string of the molecule is CCCCCCCCCCCCCCCC(=O)C[C@@H](CCC(=O)NCCCC[C@H](CC(=O)C(C)(C)CCC(=O)C(C)(C)CC(=O)C(C)(C)CC(=O)[C@@H]([NH])Cc1cnc[nH]1)C(=O)O)C(=O)O. The monoisotopic (exact) mass is 914 g/mol. The minimum Gasteiger partial charge on any atom is -0.481 e. The van der Waals surface area contributed by atoms with Crippen molar-refractivity contribution in [1.29, 1.82) is 0 Å². The Kier molecular flexibility index (Phi) is 28.1. The van der Waals surface area contributed by atoms with Crippen LogP contribution in [0, 0.1) is 28.1 Å². The van der Waals surface area contributed by atoms with Gasteiger partial charge in [-0.2, -0.15) is 0 Å². The summed E-state index contributed by atoms with van der Waals surface area (Å²) in [6, 6.07) is -1.06. The van der Waals surface area contributed by atoms with Crippen molar-refractivity contribution >= 4 is 46.8 Å². The molecule has 0 spiro atoms. The molecular weight excluding hydrogens is 829 g/mol. The molecule has 0 aromatic carbocycles. The largest absolute Gasteiger partial charge is 0.481 e. The molecule has 1 heterocycles. The first-order chi connectivity index (χ1) is 30.5. The zero-order valence-electron chi connectivity index (χ0n) is 41.1. The maximum Gasteiger partial charge on any atom is 0.306 e. The van der Waals surface area contributed by atoms with Crippen LogP contribution in [-0.2, 0) is 44.8 Å². The van der Waals surface area contributed by atoms with E-state index in [4.69, 9.17) is 5.73 Å². The highest BCUT2D eigenvalue weighted by atomic mass is 16.4. The van der Waals surface area contributed by atoms with E-state index in [-0.39, 0.29) is 106 Å². The summed E-state index contributed by atoms with van der Waals surface area (Å²) < 4.78 is 0. The van der Waals surface area contributed by atoms with E-state index >= 15 is 0 Å². The highest BCUT2D eigenvalue weighted by Crippen LogP contribution is 2.35. The number of Topliss-reactive ketones (excluding diaryl/α,β-unsaturated/α-hetero) is 5. The number of amides is 1. The van der Waals surface area contributed by atoms with Crippen molar-refractivity contribution in [3.63, 3.8) is 0 Å². The van der Waals surface area contributed by atoms with Crippen LogP contribution in [0.2, 0.25) is 0 Å². The number of carbonyl (C=O) groups excluding carboxylic acids is 6. The van der Waals surface area contributed by atoms with E-state index in [0.717, 1.165) is 25.7 Å². The number of hydrogen-bond donors (Lipinski definition) is 4. The van der Waals surface area contributed by atoms with Gasteiger partial charge in [-0.1, -0.05) is 132 Å². The Morgan fingerprint density at radius 1 is 0.631 bits per heavy atom. The Morgan fingerprint density at radius 3 is 1.71 bits per heavy atom. The zero-order valence-corrected chi connectivity index (χ0v) is 41.1. The van der Waals surface area contributed by atoms with Gasteiger partial charge >= 0.3 is 11.9 Å². The Balaban J connectivity index is 2.41. The van der Waals surface area contributed by atoms with Crippen LogP contribution in [0.3, 0.4) is 0 Å². The Hall–Kier alpha value is -4.07. The van der Waals surface area contributed by atoms with Crippen LogP contribution in [0.25, 0.3) is 0 Å². The molecule has 1 amide bonds. The normalized spacial score (nSPS) is 13.5. The standard InChI is InChI=1S/C51H85N4O10/c1-8-9-10-11-12-13-14-15-16-17-18-19-20-24-40(56)30-38(48(64)65)25-26-46(61)54-29-22-21-23-37(47(62)63)31-44(59)49(2,3)28-27-43(58)51(6,7)34-45(60)50(4,5)33-42(57)41(52)32-39-35-53-36-55-39/h35-38,41,52H,8-34H2,1-7H3,(H,53,55)(H,54,61)(H,62,63)(H,64,65)/t37-,38-,41+/m1/s1. The fraction of sp³-hybridized carbons (Fsp3) is 0.784. The van der Waals surface area contributed by atoms with Crippen molar-refractivity contribution in [1.82, 2.24) is 21.0 Å². The topological polar surface area (TPSA) is 242 Å². The fourth-order valence-corrected chi connectivity index (χ4v) is 8.01. The molecule has 5 N–H and O–H groups in total. The van der Waals surface area contributed by atoms with E-state index in [2.05, 4.69) is 22.2 Å². The third kappa shape index (κ3) is 25.4. The summed E-state index contributed by atoms with van der Waals surface area (Å²) in [4.78, 5) is 109. The van der Waals surface area contributed by atoms with Crippen LogP contribution in [0.1, 0.15) is 215 Å². The lowest BCUT2D eigenvalue weighted by Crippen LogP contribution is -2.38. The molecule has 0 aliphatic heterocycles. The highest BCUT2D eigenvalue weighted by molar-refractivity contribution is 5.96. The summed E-state index contributed by atoms with van der Waals surface area (Å²) in [6.07, 6.45) is 19.8. The maximum atomic E-state index is 13.4. The van der Waals surface area contributed by atoms with Crippen LogP contribution in [0.4, 0.5) is 0 Å². The predicted octanol–water partition coefficient (Wildman–Crippen LogP) is 9.82. The van der Waals surface area contributed by atoms with Gasteiger partial charge in [0.2, 0.25) is 5.91 Å². The zero-order chi connectivity index (χ0) is 49.1. The lowest BCUT2D eigenvalue weighted by Gasteiger charge is -2.30. The molecule has 0 aliphatic rings. The van der Waals surface area contributed by atoms with E-state index in [9.17, 15) is 48.6 Å². The quantitative estimate of drug-likeness (QED) is 0.0451. The molecule has 0 unspecified atom stereocenters. The van der Waals surface area contributed by atoms with Gasteiger partial charge in [0.25, 0.3) is 0 Å². The molecule has 0 saturated carbocycles. The Morgan fingerprint density at radius 2 is 1.17 bits per heavy atom. The number of imidazole rings is 1. The first-order valence-corrected chi connectivity index (χ1v) is 24.6. The van der Waals surface area contributed by atoms with Gasteiger partial charge in [0.05, 0.1) is 24.2 Å².